The monoisotopic (exact) mass is 232 g/mol. The van der Waals surface area contributed by atoms with E-state index in [1.54, 1.807) is 0 Å². The second-order valence-corrected chi connectivity index (χ2v) is 8.64. The third-order valence-electron chi connectivity index (χ3n) is 3.42. The third-order valence-corrected chi connectivity index (χ3v) is 6.35. The summed E-state index contributed by atoms with van der Waals surface area (Å²) in [4.78, 5) is 0. The van der Waals surface area contributed by atoms with Crippen LogP contribution in [-0.2, 0) is 0 Å². The summed E-state index contributed by atoms with van der Waals surface area (Å²) in [5.74, 6) is 2.10. The van der Waals surface area contributed by atoms with Gasteiger partial charge in [0.1, 0.15) is 0 Å². The van der Waals surface area contributed by atoms with Crippen LogP contribution in [0.5, 0.6) is 0 Å². The van der Waals surface area contributed by atoms with Crippen molar-refractivity contribution in [1.82, 2.24) is 0 Å². The second-order valence-electron chi connectivity index (χ2n) is 4.82. The van der Waals surface area contributed by atoms with E-state index in [-0.39, 0.29) is 0 Å². The van der Waals surface area contributed by atoms with Crippen molar-refractivity contribution >= 4 is 16.5 Å². The van der Waals surface area contributed by atoms with Gasteiger partial charge in [-0.25, -0.2) is 0 Å². The Labute approximate surface area is 93.5 Å². The molecule has 0 radical (unpaired) electrons. The molecule has 0 bridgehead atoms. The molecule has 1 rings (SSSR count). The molecule has 1 aliphatic carbocycles. The second kappa shape index (κ2) is 8.06. The van der Waals surface area contributed by atoms with Crippen molar-refractivity contribution < 1.29 is 0 Å². The van der Waals surface area contributed by atoms with Crippen molar-refractivity contribution in [3.8, 4) is 0 Å². The Hall–Kier alpha value is 0.860. The van der Waals surface area contributed by atoms with E-state index in [4.69, 9.17) is 0 Å². The fourth-order valence-electron chi connectivity index (χ4n) is 2.37. The summed E-state index contributed by atoms with van der Waals surface area (Å²) < 4.78 is 0. The molecule has 1 fully saturated rings. The van der Waals surface area contributed by atoms with Gasteiger partial charge in [-0.2, -0.15) is 0 Å². The minimum absolute atomic E-state index is 1.00. The van der Waals surface area contributed by atoms with Crippen molar-refractivity contribution in [3.05, 3.63) is 0 Å². The lowest BCUT2D eigenvalue weighted by Gasteiger charge is -2.22. The SMILES string of the molecule is CPPCC(C)CCC1CCCCC1. The zero-order chi connectivity index (χ0) is 10.2. The average molecular weight is 232 g/mol. The molecule has 0 aromatic heterocycles. The molecule has 3 unspecified atom stereocenters. The van der Waals surface area contributed by atoms with Gasteiger partial charge in [0.2, 0.25) is 0 Å². The maximum atomic E-state index is 2.45. The minimum Gasteiger partial charge on any atom is -0.102 e. The largest absolute Gasteiger partial charge is 0.102 e. The van der Waals surface area contributed by atoms with Crippen LogP contribution >= 0.6 is 16.5 Å². The Morgan fingerprint density at radius 3 is 2.57 bits per heavy atom. The molecule has 1 aliphatic rings. The van der Waals surface area contributed by atoms with E-state index in [9.17, 15) is 0 Å². The molecule has 0 aliphatic heterocycles. The number of hydrogen-bond acceptors (Lipinski definition) is 0. The summed E-state index contributed by atoms with van der Waals surface area (Å²) in [5.41, 5.74) is 0. The Balaban J connectivity index is 2.00. The summed E-state index contributed by atoms with van der Waals surface area (Å²) in [7, 11) is 2.43. The van der Waals surface area contributed by atoms with Crippen LogP contribution < -0.4 is 0 Å². The topological polar surface area (TPSA) is 0 Å². The lowest BCUT2D eigenvalue weighted by molar-refractivity contribution is 0.318. The van der Waals surface area contributed by atoms with Crippen LogP contribution in [0, 0.1) is 11.8 Å². The van der Waals surface area contributed by atoms with Gasteiger partial charge in [0, 0.05) is 0 Å². The van der Waals surface area contributed by atoms with Crippen molar-refractivity contribution in [1.29, 1.82) is 0 Å². The molecular weight excluding hydrogens is 206 g/mol. The molecule has 0 aromatic carbocycles. The normalized spacial score (nSPS) is 22.7. The fourth-order valence-corrected chi connectivity index (χ4v) is 4.79. The molecule has 0 nitrogen and oxygen atoms in total. The van der Waals surface area contributed by atoms with Crippen LogP contribution in [0.2, 0.25) is 0 Å². The molecule has 1 saturated carbocycles. The smallest absolute Gasteiger partial charge is 0.0291 e. The molecule has 3 atom stereocenters. The van der Waals surface area contributed by atoms with Crippen LogP contribution in [0.15, 0.2) is 0 Å². The van der Waals surface area contributed by atoms with Gasteiger partial charge in [-0.3, -0.25) is 0 Å². The molecule has 0 N–H and O–H groups in total. The first-order chi connectivity index (χ1) is 6.83. The van der Waals surface area contributed by atoms with Gasteiger partial charge < -0.3 is 0 Å². The highest BCUT2D eigenvalue weighted by molar-refractivity contribution is 8.11. The van der Waals surface area contributed by atoms with E-state index in [1.165, 1.54) is 67.6 Å². The molecule has 0 spiro atoms. The Kier molecular flexibility index (Phi) is 7.45. The van der Waals surface area contributed by atoms with Gasteiger partial charge in [0.05, 0.1) is 0 Å². The molecule has 0 heterocycles. The summed E-state index contributed by atoms with van der Waals surface area (Å²) in [6.07, 6.45) is 12.1. The van der Waals surface area contributed by atoms with Crippen LogP contribution in [0.25, 0.3) is 0 Å². The lowest BCUT2D eigenvalue weighted by atomic mass is 9.85. The highest BCUT2D eigenvalue weighted by Crippen LogP contribution is 2.36. The van der Waals surface area contributed by atoms with Crippen molar-refractivity contribution in [2.45, 2.75) is 51.9 Å². The highest BCUT2D eigenvalue weighted by Gasteiger charge is 2.14. The standard InChI is InChI=1S/C12H26P2/c1-11(10-14-13-2)8-9-12-6-4-3-5-7-12/h11-14H,3-10H2,1-2H3. The van der Waals surface area contributed by atoms with Crippen molar-refractivity contribution in [2.75, 3.05) is 12.8 Å². The Morgan fingerprint density at radius 1 is 1.21 bits per heavy atom. The molecule has 0 aromatic rings. The van der Waals surface area contributed by atoms with E-state index in [2.05, 4.69) is 13.6 Å². The predicted octanol–water partition coefficient (Wildman–Crippen LogP) is 4.88. The van der Waals surface area contributed by atoms with Crippen LogP contribution in [0.1, 0.15) is 51.9 Å². The van der Waals surface area contributed by atoms with Gasteiger partial charge in [-0.05, 0) is 24.7 Å². The fraction of sp³-hybridized carbons (Fsp3) is 1.00. The van der Waals surface area contributed by atoms with Gasteiger partial charge >= 0.3 is 0 Å². The van der Waals surface area contributed by atoms with Gasteiger partial charge in [-0.15, -0.1) is 8.27 Å². The zero-order valence-electron chi connectivity index (χ0n) is 9.81. The maximum absolute atomic E-state index is 2.45. The zero-order valence-corrected chi connectivity index (χ0v) is 11.8. The number of hydrogen-bond donors (Lipinski definition) is 0. The molecular formula is C12H26P2. The first-order valence-electron chi connectivity index (χ1n) is 6.22. The van der Waals surface area contributed by atoms with Crippen LogP contribution in [-0.4, -0.2) is 12.8 Å². The highest BCUT2D eigenvalue weighted by atomic mass is 32.0. The average Bonchev–Trinajstić information content (AvgIpc) is 2.25. The van der Waals surface area contributed by atoms with Crippen molar-refractivity contribution in [2.24, 2.45) is 11.8 Å². The van der Waals surface area contributed by atoms with E-state index >= 15 is 0 Å². The molecule has 0 saturated heterocycles. The summed E-state index contributed by atoms with van der Waals surface area (Å²) in [6.45, 7) is 4.79. The van der Waals surface area contributed by atoms with Crippen LogP contribution in [0.4, 0.5) is 0 Å². The third kappa shape index (κ3) is 5.67. The predicted molar refractivity (Wildman–Crippen MR) is 72.4 cm³/mol. The summed E-state index contributed by atoms with van der Waals surface area (Å²) in [6, 6.07) is 0. The maximum Gasteiger partial charge on any atom is -0.0291 e. The minimum atomic E-state index is 1.00. The van der Waals surface area contributed by atoms with E-state index in [0.717, 1.165) is 11.8 Å². The molecule has 14 heavy (non-hydrogen) atoms. The van der Waals surface area contributed by atoms with E-state index < -0.39 is 0 Å². The first kappa shape index (κ1) is 12.9. The van der Waals surface area contributed by atoms with Crippen LogP contribution in [0.3, 0.4) is 0 Å². The molecule has 0 amide bonds. The first-order valence-corrected chi connectivity index (χ1v) is 9.93. The lowest BCUT2D eigenvalue weighted by Crippen LogP contribution is -2.08. The Morgan fingerprint density at radius 2 is 1.93 bits per heavy atom. The van der Waals surface area contributed by atoms with Crippen molar-refractivity contribution in [3.63, 3.8) is 0 Å². The summed E-state index contributed by atoms with van der Waals surface area (Å²) in [5, 5.41) is 0. The van der Waals surface area contributed by atoms with E-state index in [1.807, 2.05) is 0 Å². The quantitative estimate of drug-likeness (QED) is 0.572. The summed E-state index contributed by atoms with van der Waals surface area (Å²) >= 11 is 0. The van der Waals surface area contributed by atoms with Gasteiger partial charge in [-0.1, -0.05) is 60.1 Å². The van der Waals surface area contributed by atoms with Gasteiger partial charge in [0.15, 0.2) is 0 Å². The van der Waals surface area contributed by atoms with E-state index in [0.29, 0.717) is 0 Å². The van der Waals surface area contributed by atoms with Gasteiger partial charge in [0.25, 0.3) is 0 Å². The Bertz CT molecular complexity index is 130. The number of rotatable bonds is 6. The molecule has 2 heteroatoms. The molecule has 84 valence electrons.